The van der Waals surface area contributed by atoms with Crippen LogP contribution in [0.3, 0.4) is 0 Å². The van der Waals surface area contributed by atoms with Crippen LogP contribution in [0.2, 0.25) is 0 Å². The van der Waals surface area contributed by atoms with Crippen LogP contribution >= 0.6 is 0 Å². The summed E-state index contributed by atoms with van der Waals surface area (Å²) in [7, 11) is 1.73. The minimum atomic E-state index is -1.12. The second kappa shape index (κ2) is 4.82. The summed E-state index contributed by atoms with van der Waals surface area (Å²) in [5, 5.41) is 12.9. The van der Waals surface area contributed by atoms with Gasteiger partial charge < -0.3 is 9.84 Å². The van der Waals surface area contributed by atoms with Crippen molar-refractivity contribution in [3.05, 3.63) is 35.7 Å². The fourth-order valence-electron chi connectivity index (χ4n) is 1.41. The largest absolute Gasteiger partial charge is 0.483 e. The summed E-state index contributed by atoms with van der Waals surface area (Å²) < 4.78 is 6.97. The first kappa shape index (κ1) is 12.0. The molecule has 0 unspecified atom stereocenters. The maximum Gasteiger partial charge on any atom is 0.358 e. The quantitative estimate of drug-likeness (QED) is 0.860. The molecule has 0 fully saturated rings. The van der Waals surface area contributed by atoms with Gasteiger partial charge in [-0.25, -0.2) is 14.8 Å². The molecule has 2 rings (SSSR count). The predicted molar refractivity (Wildman–Crippen MR) is 61.3 cm³/mol. The van der Waals surface area contributed by atoms with Crippen LogP contribution in [0.5, 0.6) is 5.75 Å². The van der Waals surface area contributed by atoms with Crippen molar-refractivity contribution < 1.29 is 14.6 Å². The van der Waals surface area contributed by atoms with Crippen LogP contribution in [0.4, 0.5) is 0 Å². The Hall–Kier alpha value is -2.44. The Morgan fingerprint density at radius 1 is 1.50 bits per heavy atom. The van der Waals surface area contributed by atoms with Crippen molar-refractivity contribution in [2.75, 3.05) is 0 Å². The van der Waals surface area contributed by atoms with Crippen LogP contribution in [-0.4, -0.2) is 30.8 Å². The SMILES string of the molecule is Cc1ccc(OCc2ncnn2C)c(C(=O)O)n1. The van der Waals surface area contributed by atoms with E-state index in [1.54, 1.807) is 30.8 Å². The lowest BCUT2D eigenvalue weighted by molar-refractivity contribution is 0.0684. The van der Waals surface area contributed by atoms with E-state index in [-0.39, 0.29) is 18.1 Å². The van der Waals surface area contributed by atoms with Gasteiger partial charge >= 0.3 is 5.97 Å². The maximum absolute atomic E-state index is 11.0. The summed E-state index contributed by atoms with van der Waals surface area (Å²) in [6, 6.07) is 3.28. The Kier molecular flexibility index (Phi) is 3.22. The lowest BCUT2D eigenvalue weighted by Crippen LogP contribution is -2.09. The van der Waals surface area contributed by atoms with Gasteiger partial charge in [0, 0.05) is 12.7 Å². The molecule has 0 saturated carbocycles. The summed E-state index contributed by atoms with van der Waals surface area (Å²) in [6.45, 7) is 1.86. The number of hydrogen-bond donors (Lipinski definition) is 1. The Morgan fingerprint density at radius 2 is 2.28 bits per heavy atom. The third kappa shape index (κ3) is 2.45. The number of hydrogen-bond acceptors (Lipinski definition) is 5. The van der Waals surface area contributed by atoms with Gasteiger partial charge in [-0.2, -0.15) is 5.10 Å². The van der Waals surface area contributed by atoms with Crippen LogP contribution in [0.25, 0.3) is 0 Å². The molecule has 0 aliphatic heterocycles. The van der Waals surface area contributed by atoms with Crippen molar-refractivity contribution in [2.24, 2.45) is 7.05 Å². The summed E-state index contributed by atoms with van der Waals surface area (Å²) >= 11 is 0. The molecule has 7 heteroatoms. The van der Waals surface area contributed by atoms with Crippen LogP contribution in [0.1, 0.15) is 22.0 Å². The van der Waals surface area contributed by atoms with Gasteiger partial charge in [0.15, 0.2) is 17.3 Å². The van der Waals surface area contributed by atoms with Gasteiger partial charge in [0.25, 0.3) is 0 Å². The zero-order chi connectivity index (χ0) is 13.1. The topological polar surface area (TPSA) is 90.1 Å². The molecule has 2 aromatic heterocycles. The number of rotatable bonds is 4. The molecule has 2 aromatic rings. The molecule has 94 valence electrons. The highest BCUT2D eigenvalue weighted by Crippen LogP contribution is 2.17. The van der Waals surface area contributed by atoms with E-state index in [0.717, 1.165) is 0 Å². The number of ether oxygens (including phenoxy) is 1. The number of nitrogens with zero attached hydrogens (tertiary/aromatic N) is 4. The van der Waals surface area contributed by atoms with Gasteiger partial charge in [0.05, 0.1) is 0 Å². The van der Waals surface area contributed by atoms with Crippen molar-refractivity contribution in [1.29, 1.82) is 0 Å². The third-order valence-corrected chi connectivity index (χ3v) is 2.36. The molecule has 0 aliphatic carbocycles. The zero-order valence-electron chi connectivity index (χ0n) is 9.99. The van der Waals surface area contributed by atoms with E-state index >= 15 is 0 Å². The van der Waals surface area contributed by atoms with Gasteiger partial charge in [-0.3, -0.25) is 4.68 Å². The second-order valence-corrected chi connectivity index (χ2v) is 3.69. The Morgan fingerprint density at radius 3 is 2.89 bits per heavy atom. The van der Waals surface area contributed by atoms with Crippen LogP contribution < -0.4 is 4.74 Å². The van der Waals surface area contributed by atoms with Gasteiger partial charge in [-0.15, -0.1) is 0 Å². The molecule has 0 bridgehead atoms. The van der Waals surface area contributed by atoms with E-state index in [1.807, 2.05) is 0 Å². The molecule has 0 amide bonds. The van der Waals surface area contributed by atoms with Crippen LogP contribution in [-0.2, 0) is 13.7 Å². The summed E-state index contributed by atoms with van der Waals surface area (Å²) in [5.74, 6) is -0.297. The fourth-order valence-corrected chi connectivity index (χ4v) is 1.41. The first-order valence-corrected chi connectivity index (χ1v) is 5.24. The Balaban J connectivity index is 2.19. The molecule has 0 radical (unpaired) electrons. The van der Waals surface area contributed by atoms with Crippen LogP contribution in [0.15, 0.2) is 18.5 Å². The number of carboxylic acid groups (broad SMARTS) is 1. The lowest BCUT2D eigenvalue weighted by atomic mass is 10.3. The molecule has 7 nitrogen and oxygen atoms in total. The maximum atomic E-state index is 11.0. The molecule has 0 spiro atoms. The van der Waals surface area contributed by atoms with Gasteiger partial charge in [0.1, 0.15) is 12.9 Å². The molecule has 0 saturated heterocycles. The lowest BCUT2D eigenvalue weighted by Gasteiger charge is -2.08. The highest BCUT2D eigenvalue weighted by atomic mass is 16.5. The molecular formula is C11H12N4O3. The minimum Gasteiger partial charge on any atom is -0.483 e. The first-order valence-electron chi connectivity index (χ1n) is 5.24. The minimum absolute atomic E-state index is 0.0998. The molecule has 0 atom stereocenters. The predicted octanol–water partition coefficient (Wildman–Crippen LogP) is 0.796. The van der Waals surface area contributed by atoms with Gasteiger partial charge in [0.2, 0.25) is 0 Å². The number of aryl methyl sites for hydroxylation is 2. The zero-order valence-corrected chi connectivity index (χ0v) is 9.99. The number of aromatic nitrogens is 4. The van der Waals surface area contributed by atoms with Gasteiger partial charge in [-0.1, -0.05) is 0 Å². The summed E-state index contributed by atoms with van der Waals surface area (Å²) in [6.07, 6.45) is 1.41. The number of aromatic carboxylic acids is 1. The van der Waals surface area contributed by atoms with Crippen molar-refractivity contribution in [3.63, 3.8) is 0 Å². The van der Waals surface area contributed by atoms with E-state index in [9.17, 15) is 4.79 Å². The number of carboxylic acids is 1. The van der Waals surface area contributed by atoms with E-state index < -0.39 is 5.97 Å². The van der Waals surface area contributed by atoms with Crippen molar-refractivity contribution in [3.8, 4) is 5.75 Å². The van der Waals surface area contributed by atoms with Crippen LogP contribution in [0, 0.1) is 6.92 Å². The second-order valence-electron chi connectivity index (χ2n) is 3.69. The van der Waals surface area contributed by atoms with E-state index in [4.69, 9.17) is 9.84 Å². The van der Waals surface area contributed by atoms with Crippen molar-refractivity contribution >= 4 is 5.97 Å². The molecule has 0 aliphatic rings. The first-order chi connectivity index (χ1) is 8.58. The average Bonchev–Trinajstić information content (AvgIpc) is 2.73. The summed E-state index contributed by atoms with van der Waals surface area (Å²) in [5.41, 5.74) is 0.524. The smallest absolute Gasteiger partial charge is 0.358 e. The highest BCUT2D eigenvalue weighted by molar-refractivity contribution is 5.88. The third-order valence-electron chi connectivity index (χ3n) is 2.36. The molecular weight excluding hydrogens is 236 g/mol. The Labute approximate surface area is 103 Å². The normalized spacial score (nSPS) is 10.3. The van der Waals surface area contributed by atoms with Crippen molar-refractivity contribution in [2.45, 2.75) is 13.5 Å². The highest BCUT2D eigenvalue weighted by Gasteiger charge is 2.14. The molecule has 2 heterocycles. The van der Waals surface area contributed by atoms with Crippen molar-refractivity contribution in [1.82, 2.24) is 19.7 Å². The summed E-state index contributed by atoms with van der Waals surface area (Å²) in [4.78, 5) is 18.9. The van der Waals surface area contributed by atoms with E-state index in [1.165, 1.54) is 6.33 Å². The molecule has 0 aromatic carbocycles. The molecule has 1 N–H and O–H groups in total. The number of pyridine rings is 1. The monoisotopic (exact) mass is 248 g/mol. The van der Waals surface area contributed by atoms with E-state index in [0.29, 0.717) is 11.5 Å². The fraction of sp³-hybridized carbons (Fsp3) is 0.273. The molecule has 18 heavy (non-hydrogen) atoms. The van der Waals surface area contributed by atoms with E-state index in [2.05, 4.69) is 15.1 Å². The standard InChI is InChI=1S/C11H12N4O3/c1-7-3-4-8(10(14-7)11(16)17)18-5-9-12-6-13-15(9)2/h3-4,6H,5H2,1-2H3,(H,16,17). The van der Waals surface area contributed by atoms with Gasteiger partial charge in [-0.05, 0) is 19.1 Å². The Bertz CT molecular complexity index is 579. The average molecular weight is 248 g/mol. The number of carbonyl (C=O) groups is 1.